The van der Waals surface area contributed by atoms with E-state index in [4.69, 9.17) is 5.26 Å². The number of para-hydroxylation sites is 1. The van der Waals surface area contributed by atoms with Crippen LogP contribution < -0.4 is 5.32 Å². The number of carbonyl (C=O) groups is 1. The van der Waals surface area contributed by atoms with Gasteiger partial charge in [0.1, 0.15) is 5.82 Å². The summed E-state index contributed by atoms with van der Waals surface area (Å²) >= 11 is 3.17. The Morgan fingerprint density at radius 1 is 1.21 bits per heavy atom. The number of rotatable bonds is 2. The maximum atomic E-state index is 13.6. The van der Waals surface area contributed by atoms with Gasteiger partial charge >= 0.3 is 0 Å². The van der Waals surface area contributed by atoms with Gasteiger partial charge in [-0.25, -0.2) is 4.39 Å². The van der Waals surface area contributed by atoms with Gasteiger partial charge in [-0.15, -0.1) is 0 Å². The molecule has 0 saturated heterocycles. The topological polar surface area (TPSA) is 52.9 Å². The van der Waals surface area contributed by atoms with Crippen LogP contribution in [-0.2, 0) is 0 Å². The highest BCUT2D eigenvalue weighted by atomic mass is 79.9. The third-order valence-electron chi connectivity index (χ3n) is 2.48. The number of carbonyl (C=O) groups excluding carboxylic acids is 1. The lowest BCUT2D eigenvalue weighted by atomic mass is 10.1. The molecule has 0 saturated carbocycles. The first kappa shape index (κ1) is 13.2. The van der Waals surface area contributed by atoms with Crippen molar-refractivity contribution in [3.63, 3.8) is 0 Å². The Kier molecular flexibility index (Phi) is 3.93. The fourth-order valence-corrected chi connectivity index (χ4v) is 1.94. The van der Waals surface area contributed by atoms with Crippen molar-refractivity contribution in [2.75, 3.05) is 5.32 Å². The van der Waals surface area contributed by atoms with Crippen LogP contribution in [0.15, 0.2) is 46.9 Å². The van der Waals surface area contributed by atoms with Gasteiger partial charge in [0.15, 0.2) is 0 Å². The third-order valence-corrected chi connectivity index (χ3v) is 3.14. The van der Waals surface area contributed by atoms with Gasteiger partial charge in [0.25, 0.3) is 5.91 Å². The zero-order chi connectivity index (χ0) is 13.8. The molecule has 0 aliphatic heterocycles. The molecule has 2 rings (SSSR count). The van der Waals surface area contributed by atoms with Crippen LogP contribution >= 0.6 is 15.9 Å². The van der Waals surface area contributed by atoms with Crippen molar-refractivity contribution in [2.45, 2.75) is 0 Å². The first-order valence-corrected chi connectivity index (χ1v) is 6.16. The van der Waals surface area contributed by atoms with Crippen LogP contribution in [0.5, 0.6) is 0 Å². The number of amides is 1. The number of halogens is 2. The quantitative estimate of drug-likeness (QED) is 0.917. The average molecular weight is 319 g/mol. The molecule has 1 N–H and O–H groups in total. The smallest absolute Gasteiger partial charge is 0.255 e. The highest BCUT2D eigenvalue weighted by Crippen LogP contribution is 2.25. The summed E-state index contributed by atoms with van der Waals surface area (Å²) in [5, 5.41) is 11.2. The van der Waals surface area contributed by atoms with Crippen LogP contribution in [0.3, 0.4) is 0 Å². The Bertz CT molecular complexity index is 642. The molecule has 0 heterocycles. The molecule has 0 aliphatic rings. The first-order chi connectivity index (χ1) is 9.11. The molecule has 19 heavy (non-hydrogen) atoms. The van der Waals surface area contributed by atoms with Crippen molar-refractivity contribution in [1.29, 1.82) is 5.26 Å². The van der Waals surface area contributed by atoms with Crippen LogP contribution in [0.4, 0.5) is 10.1 Å². The van der Waals surface area contributed by atoms with E-state index in [0.717, 1.165) is 0 Å². The van der Waals surface area contributed by atoms with Crippen LogP contribution in [-0.4, -0.2) is 5.91 Å². The van der Waals surface area contributed by atoms with Crippen molar-refractivity contribution in [3.05, 3.63) is 63.9 Å². The molecule has 0 spiro atoms. The lowest BCUT2D eigenvalue weighted by Gasteiger charge is -2.08. The molecule has 0 bridgehead atoms. The SMILES string of the molecule is N#Cc1ccc(C(=O)Nc2c(F)cccc2Br)cc1. The van der Waals surface area contributed by atoms with Gasteiger partial charge in [-0.05, 0) is 52.3 Å². The minimum atomic E-state index is -0.517. The maximum absolute atomic E-state index is 13.6. The van der Waals surface area contributed by atoms with Crippen molar-refractivity contribution in [2.24, 2.45) is 0 Å². The summed E-state index contributed by atoms with van der Waals surface area (Å²) < 4.78 is 14.0. The normalized spacial score (nSPS) is 9.74. The number of anilines is 1. The zero-order valence-corrected chi connectivity index (χ0v) is 11.2. The Morgan fingerprint density at radius 2 is 1.89 bits per heavy atom. The van der Waals surface area contributed by atoms with Crippen LogP contribution in [0.1, 0.15) is 15.9 Å². The molecule has 2 aromatic rings. The summed E-state index contributed by atoms with van der Waals surface area (Å²) in [6, 6.07) is 12.5. The summed E-state index contributed by atoms with van der Waals surface area (Å²) in [5.74, 6) is -0.952. The molecule has 94 valence electrons. The predicted octanol–water partition coefficient (Wildman–Crippen LogP) is 3.71. The van der Waals surface area contributed by atoms with E-state index in [1.54, 1.807) is 6.07 Å². The minimum Gasteiger partial charge on any atom is -0.319 e. The first-order valence-electron chi connectivity index (χ1n) is 5.37. The summed E-state index contributed by atoms with van der Waals surface area (Å²) in [4.78, 5) is 11.9. The maximum Gasteiger partial charge on any atom is 0.255 e. The van der Waals surface area contributed by atoms with Gasteiger partial charge in [0, 0.05) is 10.0 Å². The van der Waals surface area contributed by atoms with E-state index in [2.05, 4.69) is 21.2 Å². The molecule has 0 aromatic heterocycles. The number of nitrogens with zero attached hydrogens (tertiary/aromatic N) is 1. The molecule has 0 fully saturated rings. The van der Waals surface area contributed by atoms with E-state index in [0.29, 0.717) is 15.6 Å². The Labute approximate surface area is 117 Å². The monoisotopic (exact) mass is 318 g/mol. The second-order valence-electron chi connectivity index (χ2n) is 3.74. The van der Waals surface area contributed by atoms with E-state index in [9.17, 15) is 9.18 Å². The van der Waals surface area contributed by atoms with E-state index >= 15 is 0 Å². The molecule has 0 aliphatic carbocycles. The summed E-state index contributed by atoms with van der Waals surface area (Å²) in [6.45, 7) is 0. The van der Waals surface area contributed by atoms with Crippen molar-refractivity contribution in [1.82, 2.24) is 0 Å². The highest BCUT2D eigenvalue weighted by Gasteiger charge is 2.11. The fourth-order valence-electron chi connectivity index (χ4n) is 1.50. The number of benzene rings is 2. The lowest BCUT2D eigenvalue weighted by Crippen LogP contribution is -2.13. The predicted molar refractivity (Wildman–Crippen MR) is 73.2 cm³/mol. The third kappa shape index (κ3) is 2.98. The van der Waals surface area contributed by atoms with Gasteiger partial charge in [-0.2, -0.15) is 5.26 Å². The van der Waals surface area contributed by atoms with E-state index < -0.39 is 11.7 Å². The molecular formula is C14H8BrFN2O. The second kappa shape index (κ2) is 5.63. The van der Waals surface area contributed by atoms with E-state index in [1.165, 1.54) is 36.4 Å². The Hall–Kier alpha value is -2.19. The standard InChI is InChI=1S/C14H8BrFN2O/c15-11-2-1-3-12(16)13(11)18-14(19)10-6-4-9(8-17)5-7-10/h1-7H,(H,18,19). The molecule has 0 unspecified atom stereocenters. The molecule has 3 nitrogen and oxygen atoms in total. The minimum absolute atomic E-state index is 0.0943. The van der Waals surface area contributed by atoms with Gasteiger partial charge < -0.3 is 5.32 Å². The molecular weight excluding hydrogens is 311 g/mol. The zero-order valence-electron chi connectivity index (χ0n) is 9.65. The van der Waals surface area contributed by atoms with Crippen LogP contribution in [0, 0.1) is 17.1 Å². The van der Waals surface area contributed by atoms with Gasteiger partial charge in [-0.3, -0.25) is 4.79 Å². The highest BCUT2D eigenvalue weighted by molar-refractivity contribution is 9.10. The number of hydrogen-bond donors (Lipinski definition) is 1. The van der Waals surface area contributed by atoms with E-state index in [1.807, 2.05) is 6.07 Å². The van der Waals surface area contributed by atoms with Crippen LogP contribution in [0.25, 0.3) is 0 Å². The van der Waals surface area contributed by atoms with Gasteiger partial charge in [-0.1, -0.05) is 6.07 Å². The summed E-state index contributed by atoms with van der Waals surface area (Å²) in [7, 11) is 0. The number of nitrogens with one attached hydrogen (secondary N) is 1. The largest absolute Gasteiger partial charge is 0.319 e. The molecule has 5 heteroatoms. The fraction of sp³-hybridized carbons (Fsp3) is 0. The van der Waals surface area contributed by atoms with E-state index in [-0.39, 0.29) is 5.69 Å². The van der Waals surface area contributed by atoms with Crippen molar-refractivity contribution >= 4 is 27.5 Å². The summed E-state index contributed by atoms with van der Waals surface area (Å²) in [5.41, 5.74) is 0.912. The number of hydrogen-bond acceptors (Lipinski definition) is 2. The van der Waals surface area contributed by atoms with Gasteiger partial charge in [0.05, 0.1) is 17.3 Å². The van der Waals surface area contributed by atoms with Crippen LogP contribution in [0.2, 0.25) is 0 Å². The average Bonchev–Trinajstić information content (AvgIpc) is 2.43. The lowest BCUT2D eigenvalue weighted by molar-refractivity contribution is 0.102. The molecule has 2 aromatic carbocycles. The molecule has 0 atom stereocenters. The summed E-state index contributed by atoms with van der Waals surface area (Å²) in [6.07, 6.45) is 0. The Balaban J connectivity index is 2.23. The Morgan fingerprint density at radius 3 is 2.47 bits per heavy atom. The number of nitriles is 1. The van der Waals surface area contributed by atoms with Gasteiger partial charge in [0.2, 0.25) is 0 Å². The van der Waals surface area contributed by atoms with Crippen molar-refractivity contribution < 1.29 is 9.18 Å². The second-order valence-corrected chi connectivity index (χ2v) is 4.59. The van der Waals surface area contributed by atoms with Crippen molar-refractivity contribution in [3.8, 4) is 6.07 Å². The molecule has 0 radical (unpaired) electrons. The molecule has 1 amide bonds.